The standard InChI is InChI=1S/C12H15N3O2/c1-13-11(16)9-15-12(17)14-8-7-10-5-3-2-4-6-10/h2-8H,9H2,1H3,(H,13,16)(H2,14,15,17)/b8-7+. The van der Waals surface area contributed by atoms with Crippen LogP contribution in [0.5, 0.6) is 0 Å². The number of carbonyl (C=O) groups is 2. The lowest BCUT2D eigenvalue weighted by Gasteiger charge is -2.02. The highest BCUT2D eigenvalue weighted by molar-refractivity contribution is 5.84. The smallest absolute Gasteiger partial charge is 0.319 e. The molecule has 0 heterocycles. The summed E-state index contributed by atoms with van der Waals surface area (Å²) >= 11 is 0. The Balaban J connectivity index is 2.29. The second kappa shape index (κ2) is 7.05. The second-order valence-corrected chi connectivity index (χ2v) is 3.24. The number of rotatable bonds is 4. The van der Waals surface area contributed by atoms with Gasteiger partial charge in [0.15, 0.2) is 0 Å². The van der Waals surface area contributed by atoms with Gasteiger partial charge in [-0.1, -0.05) is 30.3 Å². The molecule has 0 atom stereocenters. The van der Waals surface area contributed by atoms with Crippen molar-refractivity contribution in [3.8, 4) is 0 Å². The average molecular weight is 233 g/mol. The number of urea groups is 1. The fraction of sp³-hybridized carbons (Fsp3) is 0.167. The highest BCUT2D eigenvalue weighted by Crippen LogP contribution is 1.99. The van der Waals surface area contributed by atoms with Gasteiger partial charge in [-0.25, -0.2) is 4.79 Å². The average Bonchev–Trinajstić information content (AvgIpc) is 2.37. The summed E-state index contributed by atoms with van der Waals surface area (Å²) in [7, 11) is 1.51. The van der Waals surface area contributed by atoms with E-state index in [0.29, 0.717) is 0 Å². The van der Waals surface area contributed by atoms with Crippen LogP contribution in [0.2, 0.25) is 0 Å². The second-order valence-electron chi connectivity index (χ2n) is 3.24. The van der Waals surface area contributed by atoms with Crippen LogP contribution in [0.1, 0.15) is 5.56 Å². The molecule has 0 radical (unpaired) electrons. The Bertz CT molecular complexity index is 401. The fourth-order valence-electron chi connectivity index (χ4n) is 1.08. The molecular weight excluding hydrogens is 218 g/mol. The molecule has 1 rings (SSSR count). The number of hydrogen-bond acceptors (Lipinski definition) is 2. The van der Waals surface area contributed by atoms with E-state index in [1.807, 2.05) is 30.3 Å². The summed E-state index contributed by atoms with van der Waals surface area (Å²) in [5, 5.41) is 7.31. The Morgan fingerprint density at radius 3 is 2.59 bits per heavy atom. The van der Waals surface area contributed by atoms with Crippen molar-refractivity contribution >= 4 is 18.0 Å². The first-order valence-electron chi connectivity index (χ1n) is 5.19. The summed E-state index contributed by atoms with van der Waals surface area (Å²) in [6, 6.07) is 9.15. The summed E-state index contributed by atoms with van der Waals surface area (Å²) in [4.78, 5) is 22.0. The Morgan fingerprint density at radius 2 is 1.94 bits per heavy atom. The number of benzene rings is 1. The van der Waals surface area contributed by atoms with Gasteiger partial charge in [-0.3, -0.25) is 4.79 Å². The molecule has 1 aromatic carbocycles. The van der Waals surface area contributed by atoms with Gasteiger partial charge in [-0.15, -0.1) is 0 Å². The van der Waals surface area contributed by atoms with E-state index in [1.54, 1.807) is 6.08 Å². The molecule has 0 unspecified atom stereocenters. The van der Waals surface area contributed by atoms with Crippen LogP contribution >= 0.6 is 0 Å². The molecule has 0 bridgehead atoms. The van der Waals surface area contributed by atoms with Gasteiger partial charge in [0.25, 0.3) is 0 Å². The first-order valence-corrected chi connectivity index (χ1v) is 5.19. The minimum Gasteiger partial charge on any atom is -0.358 e. The van der Waals surface area contributed by atoms with Gasteiger partial charge < -0.3 is 16.0 Å². The molecular formula is C12H15N3O2. The van der Waals surface area contributed by atoms with Crippen molar-refractivity contribution in [2.24, 2.45) is 0 Å². The van der Waals surface area contributed by atoms with Crippen molar-refractivity contribution in [1.82, 2.24) is 16.0 Å². The largest absolute Gasteiger partial charge is 0.358 e. The van der Waals surface area contributed by atoms with Gasteiger partial charge in [0.2, 0.25) is 5.91 Å². The Hall–Kier alpha value is -2.30. The third-order valence-corrected chi connectivity index (χ3v) is 1.98. The van der Waals surface area contributed by atoms with Gasteiger partial charge in [0.1, 0.15) is 0 Å². The maximum Gasteiger partial charge on any atom is 0.319 e. The number of carbonyl (C=O) groups excluding carboxylic acids is 2. The molecule has 17 heavy (non-hydrogen) atoms. The van der Waals surface area contributed by atoms with Crippen LogP contribution in [0.3, 0.4) is 0 Å². The monoisotopic (exact) mass is 233 g/mol. The van der Waals surface area contributed by atoms with Crippen LogP contribution in [0.25, 0.3) is 6.08 Å². The van der Waals surface area contributed by atoms with Crippen LogP contribution in [-0.2, 0) is 4.79 Å². The number of hydrogen-bond donors (Lipinski definition) is 3. The molecule has 5 nitrogen and oxygen atoms in total. The van der Waals surface area contributed by atoms with Gasteiger partial charge in [0.05, 0.1) is 6.54 Å². The molecule has 0 spiro atoms. The molecule has 0 aliphatic heterocycles. The summed E-state index contributed by atoms with van der Waals surface area (Å²) in [6.07, 6.45) is 3.29. The van der Waals surface area contributed by atoms with E-state index in [2.05, 4.69) is 16.0 Å². The number of likely N-dealkylation sites (N-methyl/N-ethyl adjacent to an activating group) is 1. The number of amides is 3. The first-order chi connectivity index (χ1) is 8.22. The van der Waals surface area contributed by atoms with Crippen molar-refractivity contribution in [3.05, 3.63) is 42.1 Å². The van der Waals surface area contributed by atoms with Gasteiger partial charge in [-0.2, -0.15) is 0 Å². The summed E-state index contributed by atoms with van der Waals surface area (Å²) < 4.78 is 0. The summed E-state index contributed by atoms with van der Waals surface area (Å²) in [5.41, 5.74) is 0.985. The fourth-order valence-corrected chi connectivity index (χ4v) is 1.08. The molecule has 5 heteroatoms. The van der Waals surface area contributed by atoms with E-state index in [-0.39, 0.29) is 12.5 Å². The molecule has 0 fully saturated rings. The highest BCUT2D eigenvalue weighted by Gasteiger charge is 2.00. The van der Waals surface area contributed by atoms with Crippen LogP contribution in [0.15, 0.2) is 36.5 Å². The van der Waals surface area contributed by atoms with Crippen molar-refractivity contribution in [1.29, 1.82) is 0 Å². The van der Waals surface area contributed by atoms with Gasteiger partial charge in [0, 0.05) is 13.2 Å². The van der Waals surface area contributed by atoms with Gasteiger partial charge >= 0.3 is 6.03 Å². The molecule has 0 aromatic heterocycles. The highest BCUT2D eigenvalue weighted by atomic mass is 16.2. The van der Waals surface area contributed by atoms with Crippen LogP contribution in [0.4, 0.5) is 4.79 Å². The van der Waals surface area contributed by atoms with Crippen molar-refractivity contribution in [2.75, 3.05) is 13.6 Å². The molecule has 0 aliphatic carbocycles. The molecule has 0 saturated carbocycles. The third kappa shape index (κ3) is 5.36. The minimum absolute atomic E-state index is 0.0402. The Morgan fingerprint density at radius 1 is 1.24 bits per heavy atom. The molecule has 3 amide bonds. The van der Waals surface area contributed by atoms with Crippen LogP contribution < -0.4 is 16.0 Å². The molecule has 1 aromatic rings. The van der Waals surface area contributed by atoms with Gasteiger partial charge in [-0.05, 0) is 11.6 Å². The Kier molecular flexibility index (Phi) is 5.30. The van der Waals surface area contributed by atoms with E-state index in [0.717, 1.165) is 5.56 Å². The van der Waals surface area contributed by atoms with E-state index >= 15 is 0 Å². The molecule has 90 valence electrons. The van der Waals surface area contributed by atoms with Crippen LogP contribution in [0, 0.1) is 0 Å². The molecule has 0 aliphatic rings. The normalized spacial score (nSPS) is 9.94. The van der Waals surface area contributed by atoms with E-state index in [1.165, 1.54) is 13.2 Å². The third-order valence-electron chi connectivity index (χ3n) is 1.98. The zero-order chi connectivity index (χ0) is 12.5. The number of nitrogens with one attached hydrogen (secondary N) is 3. The van der Waals surface area contributed by atoms with E-state index in [9.17, 15) is 9.59 Å². The molecule has 3 N–H and O–H groups in total. The van der Waals surface area contributed by atoms with Crippen LogP contribution in [-0.4, -0.2) is 25.5 Å². The predicted molar refractivity (Wildman–Crippen MR) is 66.1 cm³/mol. The summed E-state index contributed by atoms with van der Waals surface area (Å²) in [6.45, 7) is -0.0402. The maximum atomic E-state index is 11.2. The maximum absolute atomic E-state index is 11.2. The zero-order valence-corrected chi connectivity index (χ0v) is 9.57. The zero-order valence-electron chi connectivity index (χ0n) is 9.57. The SMILES string of the molecule is CNC(=O)CNC(=O)N/C=C/c1ccccc1. The van der Waals surface area contributed by atoms with Crippen molar-refractivity contribution in [2.45, 2.75) is 0 Å². The quantitative estimate of drug-likeness (QED) is 0.716. The topological polar surface area (TPSA) is 70.2 Å². The van der Waals surface area contributed by atoms with E-state index < -0.39 is 6.03 Å². The summed E-state index contributed by atoms with van der Waals surface area (Å²) in [5.74, 6) is -0.243. The van der Waals surface area contributed by atoms with Crippen molar-refractivity contribution in [3.63, 3.8) is 0 Å². The lowest BCUT2D eigenvalue weighted by atomic mass is 10.2. The predicted octanol–water partition coefficient (Wildman–Crippen LogP) is 0.702. The minimum atomic E-state index is -0.416. The van der Waals surface area contributed by atoms with Crippen molar-refractivity contribution < 1.29 is 9.59 Å². The van der Waals surface area contributed by atoms with E-state index in [4.69, 9.17) is 0 Å². The molecule has 0 saturated heterocycles. The first kappa shape index (κ1) is 12.8. The lowest BCUT2D eigenvalue weighted by Crippen LogP contribution is -2.39. The lowest BCUT2D eigenvalue weighted by molar-refractivity contribution is -0.119. The Labute approximate surface area is 99.9 Å².